The number of aromatic nitrogens is 2. The normalized spacial score (nSPS) is 11.9. The van der Waals surface area contributed by atoms with Gasteiger partial charge in [-0.2, -0.15) is 4.99 Å². The number of hydrogen-bond donors (Lipinski definition) is 3. The molecule has 0 atom stereocenters. The first-order valence-electron chi connectivity index (χ1n) is 11.8. The number of amides is 2. The van der Waals surface area contributed by atoms with Crippen molar-refractivity contribution in [1.82, 2.24) is 14.9 Å². The predicted octanol–water partition coefficient (Wildman–Crippen LogP) is 3.12. The molecule has 0 unspecified atom stereocenters. The van der Waals surface area contributed by atoms with E-state index in [0.717, 1.165) is 0 Å². The second-order valence-corrected chi connectivity index (χ2v) is 9.02. The SMILES string of the molecule is COCC(=O)NCCCn1c(-c2ccc(OC(F)(F)F)cc2)csc1=NC(=O)c1ccc(C)nc1NCCO. The lowest BCUT2D eigenvalue weighted by atomic mass is 10.1. The van der Waals surface area contributed by atoms with Crippen LogP contribution in [0.3, 0.4) is 0 Å². The molecule has 0 radical (unpaired) electrons. The highest BCUT2D eigenvalue weighted by atomic mass is 32.1. The molecule has 3 N–H and O–H groups in total. The van der Waals surface area contributed by atoms with E-state index >= 15 is 0 Å². The fourth-order valence-electron chi connectivity index (χ4n) is 3.53. The van der Waals surface area contributed by atoms with Gasteiger partial charge in [0.2, 0.25) is 5.91 Å². The van der Waals surface area contributed by atoms with Crippen molar-refractivity contribution in [3.05, 3.63) is 57.8 Å². The van der Waals surface area contributed by atoms with Gasteiger partial charge in [-0.05, 0) is 55.3 Å². The van der Waals surface area contributed by atoms with Crippen molar-refractivity contribution in [2.24, 2.45) is 4.99 Å². The molecule has 39 heavy (non-hydrogen) atoms. The maximum atomic E-state index is 13.2. The zero-order chi connectivity index (χ0) is 28.4. The van der Waals surface area contributed by atoms with Gasteiger partial charge in [-0.3, -0.25) is 9.59 Å². The van der Waals surface area contributed by atoms with E-state index in [-0.39, 0.29) is 37.0 Å². The third-order valence-corrected chi connectivity index (χ3v) is 6.07. The van der Waals surface area contributed by atoms with Crippen molar-refractivity contribution in [1.29, 1.82) is 0 Å². The minimum absolute atomic E-state index is 0.0739. The molecule has 2 amide bonds. The molecule has 0 aliphatic heterocycles. The Hall–Kier alpha value is -3.75. The molecule has 2 aromatic heterocycles. The zero-order valence-electron chi connectivity index (χ0n) is 21.2. The molecule has 10 nitrogen and oxygen atoms in total. The number of carbonyl (C=O) groups is 2. The van der Waals surface area contributed by atoms with Crippen LogP contribution in [0.5, 0.6) is 5.75 Å². The fourth-order valence-corrected chi connectivity index (χ4v) is 4.46. The highest BCUT2D eigenvalue weighted by Gasteiger charge is 2.31. The largest absolute Gasteiger partial charge is 0.573 e. The van der Waals surface area contributed by atoms with Gasteiger partial charge in [-0.1, -0.05) is 0 Å². The minimum atomic E-state index is -4.81. The van der Waals surface area contributed by atoms with E-state index in [2.05, 4.69) is 25.3 Å². The fraction of sp³-hybridized carbons (Fsp3) is 0.360. The van der Waals surface area contributed by atoms with Gasteiger partial charge in [0.1, 0.15) is 18.2 Å². The van der Waals surface area contributed by atoms with E-state index in [1.165, 1.54) is 42.7 Å². The lowest BCUT2D eigenvalue weighted by Gasteiger charge is -2.12. The lowest BCUT2D eigenvalue weighted by Crippen LogP contribution is -2.29. The Morgan fingerprint density at radius 2 is 1.90 bits per heavy atom. The Bertz CT molecular complexity index is 1340. The summed E-state index contributed by atoms with van der Waals surface area (Å²) in [5, 5.41) is 16.5. The number of ether oxygens (including phenoxy) is 2. The van der Waals surface area contributed by atoms with Crippen LogP contribution in [0.2, 0.25) is 0 Å². The molecular formula is C25H28F3N5O5S. The van der Waals surface area contributed by atoms with Crippen LogP contribution in [0, 0.1) is 6.92 Å². The van der Waals surface area contributed by atoms with Gasteiger partial charge >= 0.3 is 6.36 Å². The van der Waals surface area contributed by atoms with Crippen molar-refractivity contribution >= 4 is 29.0 Å². The molecule has 0 bridgehead atoms. The molecule has 3 rings (SSSR count). The van der Waals surface area contributed by atoms with Gasteiger partial charge in [0.25, 0.3) is 5.91 Å². The van der Waals surface area contributed by atoms with Crippen molar-refractivity contribution < 1.29 is 37.3 Å². The van der Waals surface area contributed by atoms with Crippen LogP contribution in [0.25, 0.3) is 11.3 Å². The number of pyridine rings is 1. The third-order valence-electron chi connectivity index (χ3n) is 5.20. The summed E-state index contributed by atoms with van der Waals surface area (Å²) in [5.74, 6) is -0.901. The number of carbonyl (C=O) groups excluding carboxylic acids is 2. The number of aliphatic hydroxyl groups is 1. The molecule has 0 spiro atoms. The summed E-state index contributed by atoms with van der Waals surface area (Å²) in [7, 11) is 1.41. The van der Waals surface area contributed by atoms with Crippen LogP contribution in [-0.2, 0) is 16.1 Å². The quantitative estimate of drug-likeness (QED) is 0.287. The number of methoxy groups -OCH3 is 1. The van der Waals surface area contributed by atoms with Crippen LogP contribution in [0.15, 0.2) is 46.8 Å². The number of benzene rings is 1. The number of thiazole rings is 1. The average Bonchev–Trinajstić information content (AvgIpc) is 3.27. The summed E-state index contributed by atoms with van der Waals surface area (Å²) in [4.78, 5) is 33.8. The van der Waals surface area contributed by atoms with E-state index < -0.39 is 12.3 Å². The van der Waals surface area contributed by atoms with E-state index in [0.29, 0.717) is 47.1 Å². The standard InChI is InChI=1S/C25H28F3N5O5S/c1-16-4-9-19(22(31-16)30-11-13-34)23(36)32-24-33(12-3-10-29-21(35)14-37-2)20(15-39-24)17-5-7-18(8-6-17)38-25(26,27)28/h4-9,15,34H,3,10-14H2,1-2H3,(H,29,35)(H,30,31). The highest BCUT2D eigenvalue weighted by molar-refractivity contribution is 7.07. The third kappa shape index (κ3) is 8.90. The molecule has 3 aromatic rings. The second-order valence-electron chi connectivity index (χ2n) is 8.18. The summed E-state index contributed by atoms with van der Waals surface area (Å²) in [6, 6.07) is 8.63. The monoisotopic (exact) mass is 567 g/mol. The van der Waals surface area contributed by atoms with Crippen molar-refractivity contribution in [2.75, 3.05) is 38.7 Å². The molecule has 0 saturated carbocycles. The topological polar surface area (TPSA) is 127 Å². The molecule has 0 aliphatic rings. The smallest absolute Gasteiger partial charge is 0.406 e. The maximum absolute atomic E-state index is 13.2. The van der Waals surface area contributed by atoms with Crippen molar-refractivity contribution in [2.45, 2.75) is 26.3 Å². The number of aryl methyl sites for hydroxylation is 1. The summed E-state index contributed by atoms with van der Waals surface area (Å²) >= 11 is 1.18. The van der Waals surface area contributed by atoms with Gasteiger partial charge < -0.3 is 29.8 Å². The number of aliphatic hydroxyl groups excluding tert-OH is 1. The first-order chi connectivity index (χ1) is 18.6. The number of hydrogen-bond acceptors (Lipinski definition) is 8. The number of halogens is 3. The van der Waals surface area contributed by atoms with Crippen LogP contribution in [0.1, 0.15) is 22.5 Å². The van der Waals surface area contributed by atoms with Crippen molar-refractivity contribution in [3.63, 3.8) is 0 Å². The first kappa shape index (κ1) is 29.8. The van der Waals surface area contributed by atoms with Crippen molar-refractivity contribution in [3.8, 4) is 17.0 Å². The number of anilines is 1. The lowest BCUT2D eigenvalue weighted by molar-refractivity contribution is -0.274. The Labute approximate surface area is 226 Å². The van der Waals surface area contributed by atoms with Gasteiger partial charge in [-0.25, -0.2) is 4.98 Å². The van der Waals surface area contributed by atoms with Gasteiger partial charge in [0, 0.05) is 37.8 Å². The minimum Gasteiger partial charge on any atom is -0.406 e. The molecule has 210 valence electrons. The predicted molar refractivity (Wildman–Crippen MR) is 138 cm³/mol. The molecule has 14 heteroatoms. The Morgan fingerprint density at radius 1 is 1.15 bits per heavy atom. The van der Waals surface area contributed by atoms with E-state index in [1.807, 2.05) is 0 Å². The van der Waals surface area contributed by atoms with E-state index in [1.54, 1.807) is 29.0 Å². The average molecular weight is 568 g/mol. The summed E-state index contributed by atoms with van der Waals surface area (Å²) in [6.07, 6.45) is -4.33. The summed E-state index contributed by atoms with van der Waals surface area (Å²) < 4.78 is 48.2. The Kier molecular flexibility index (Phi) is 10.6. The van der Waals surface area contributed by atoms with Gasteiger partial charge in [0.15, 0.2) is 4.80 Å². The number of alkyl halides is 3. The first-order valence-corrected chi connectivity index (χ1v) is 12.7. The Morgan fingerprint density at radius 3 is 2.56 bits per heavy atom. The molecule has 0 saturated heterocycles. The maximum Gasteiger partial charge on any atom is 0.573 e. The van der Waals surface area contributed by atoms with E-state index in [4.69, 9.17) is 9.84 Å². The van der Waals surface area contributed by atoms with E-state index in [9.17, 15) is 22.8 Å². The Balaban J connectivity index is 1.94. The molecule has 0 fully saturated rings. The number of rotatable bonds is 12. The molecule has 0 aliphatic carbocycles. The molecule has 1 aromatic carbocycles. The van der Waals surface area contributed by atoms with Crippen LogP contribution >= 0.6 is 11.3 Å². The molecule has 2 heterocycles. The number of nitrogens with zero attached hydrogens (tertiary/aromatic N) is 3. The number of nitrogens with one attached hydrogen (secondary N) is 2. The highest BCUT2D eigenvalue weighted by Crippen LogP contribution is 2.27. The van der Waals surface area contributed by atoms with Crippen LogP contribution in [-0.4, -0.2) is 66.2 Å². The zero-order valence-corrected chi connectivity index (χ0v) is 22.1. The van der Waals surface area contributed by atoms with Crippen LogP contribution in [0.4, 0.5) is 19.0 Å². The summed E-state index contributed by atoms with van der Waals surface area (Å²) in [6.45, 7) is 2.42. The molecular weight excluding hydrogens is 539 g/mol. The second kappa shape index (κ2) is 13.9. The van der Waals surface area contributed by atoms with Gasteiger partial charge in [0.05, 0.1) is 17.9 Å². The van der Waals surface area contributed by atoms with Gasteiger partial charge in [-0.15, -0.1) is 24.5 Å². The van der Waals surface area contributed by atoms with Crippen LogP contribution < -0.4 is 20.2 Å². The summed E-state index contributed by atoms with van der Waals surface area (Å²) in [5.41, 5.74) is 2.10.